The van der Waals surface area contributed by atoms with E-state index in [0.29, 0.717) is 5.95 Å². The smallest absolute Gasteiger partial charge is 0.231 e. The number of hydrogen-bond acceptors (Lipinski definition) is 6. The van der Waals surface area contributed by atoms with Gasteiger partial charge in [-0.05, 0) is 37.1 Å². The molecule has 0 radical (unpaired) electrons. The van der Waals surface area contributed by atoms with Gasteiger partial charge in [0.25, 0.3) is 0 Å². The van der Waals surface area contributed by atoms with Crippen molar-refractivity contribution in [3.05, 3.63) is 59.8 Å². The van der Waals surface area contributed by atoms with Crippen LogP contribution in [0.5, 0.6) is 11.5 Å². The van der Waals surface area contributed by atoms with E-state index in [2.05, 4.69) is 39.7 Å². The maximum Gasteiger partial charge on any atom is 0.231 e. The van der Waals surface area contributed by atoms with Gasteiger partial charge in [0.05, 0.1) is 0 Å². The molecule has 0 amide bonds. The number of aryl methyl sites for hydroxylation is 2. The molecule has 2 N–H and O–H groups in total. The van der Waals surface area contributed by atoms with Gasteiger partial charge in [0, 0.05) is 29.2 Å². The van der Waals surface area contributed by atoms with E-state index >= 15 is 0 Å². The summed E-state index contributed by atoms with van der Waals surface area (Å²) in [4.78, 5) is 9.06. The minimum Gasteiger partial charge on any atom is -0.454 e. The van der Waals surface area contributed by atoms with Crippen molar-refractivity contribution in [1.29, 1.82) is 0 Å². The maximum absolute atomic E-state index is 5.41. The fourth-order valence-electron chi connectivity index (χ4n) is 2.88. The summed E-state index contributed by atoms with van der Waals surface area (Å²) < 4.78 is 10.8. The lowest BCUT2D eigenvalue weighted by atomic mass is 10.1. The summed E-state index contributed by atoms with van der Waals surface area (Å²) in [7, 11) is 0. The van der Waals surface area contributed by atoms with E-state index in [1.807, 2.05) is 43.3 Å². The molecule has 0 aliphatic carbocycles. The number of nitrogens with zero attached hydrogens (tertiary/aromatic N) is 2. The molecule has 26 heavy (non-hydrogen) atoms. The van der Waals surface area contributed by atoms with Crippen molar-refractivity contribution in [2.75, 3.05) is 17.4 Å². The Morgan fingerprint density at radius 1 is 0.962 bits per heavy atom. The van der Waals surface area contributed by atoms with E-state index in [0.717, 1.165) is 40.8 Å². The number of hydrogen-bond donors (Lipinski definition) is 2. The number of anilines is 4. The van der Waals surface area contributed by atoms with Gasteiger partial charge in [-0.15, -0.1) is 0 Å². The molecule has 1 aliphatic heterocycles. The molecule has 132 valence electrons. The highest BCUT2D eigenvalue weighted by Crippen LogP contribution is 2.35. The first-order chi connectivity index (χ1) is 12.7. The van der Waals surface area contributed by atoms with Crippen LogP contribution in [0, 0.1) is 6.92 Å². The zero-order valence-electron chi connectivity index (χ0n) is 14.7. The lowest BCUT2D eigenvalue weighted by Crippen LogP contribution is -2.03. The van der Waals surface area contributed by atoms with Crippen molar-refractivity contribution in [1.82, 2.24) is 9.97 Å². The van der Waals surface area contributed by atoms with E-state index in [1.54, 1.807) is 0 Å². The minimum absolute atomic E-state index is 0.255. The second kappa shape index (κ2) is 6.92. The molecular weight excluding hydrogens is 328 g/mol. The van der Waals surface area contributed by atoms with E-state index in [9.17, 15) is 0 Å². The normalized spacial score (nSPS) is 12.1. The van der Waals surface area contributed by atoms with E-state index in [1.165, 1.54) is 5.56 Å². The van der Waals surface area contributed by atoms with Crippen LogP contribution in [0.2, 0.25) is 0 Å². The molecule has 6 heteroatoms. The van der Waals surface area contributed by atoms with Gasteiger partial charge in [-0.3, -0.25) is 0 Å². The summed E-state index contributed by atoms with van der Waals surface area (Å²) >= 11 is 0. The number of ether oxygens (including phenoxy) is 2. The SMILES string of the molecule is CCc1ccccc1Nc1cc(C)nc(Nc2ccc3c(c2)OCO3)n1. The number of benzene rings is 2. The Bertz CT molecular complexity index is 943. The number of nitrogens with one attached hydrogen (secondary N) is 2. The quantitative estimate of drug-likeness (QED) is 0.704. The van der Waals surface area contributed by atoms with Crippen LogP contribution in [-0.2, 0) is 6.42 Å². The van der Waals surface area contributed by atoms with Gasteiger partial charge in [-0.1, -0.05) is 25.1 Å². The molecule has 2 aromatic carbocycles. The van der Waals surface area contributed by atoms with Crippen LogP contribution >= 0.6 is 0 Å². The lowest BCUT2D eigenvalue weighted by Gasteiger charge is -2.12. The highest BCUT2D eigenvalue weighted by atomic mass is 16.7. The molecule has 0 unspecified atom stereocenters. The lowest BCUT2D eigenvalue weighted by molar-refractivity contribution is 0.174. The summed E-state index contributed by atoms with van der Waals surface area (Å²) in [5.74, 6) is 2.75. The van der Waals surface area contributed by atoms with Crippen molar-refractivity contribution >= 4 is 23.1 Å². The predicted octanol–water partition coefficient (Wildman–Crippen LogP) is 4.56. The first-order valence-corrected chi connectivity index (χ1v) is 8.58. The molecule has 0 bridgehead atoms. The number of para-hydroxylation sites is 1. The Morgan fingerprint density at radius 3 is 2.69 bits per heavy atom. The number of fused-ring (bicyclic) bond motifs is 1. The molecule has 1 aliphatic rings. The molecule has 0 fully saturated rings. The van der Waals surface area contributed by atoms with Gasteiger partial charge < -0.3 is 20.1 Å². The van der Waals surface area contributed by atoms with Crippen LogP contribution in [0.3, 0.4) is 0 Å². The summed E-state index contributed by atoms with van der Waals surface area (Å²) in [6.07, 6.45) is 0.954. The summed E-state index contributed by atoms with van der Waals surface area (Å²) in [5, 5.41) is 6.63. The zero-order valence-corrected chi connectivity index (χ0v) is 14.7. The highest BCUT2D eigenvalue weighted by molar-refractivity contribution is 5.64. The van der Waals surface area contributed by atoms with E-state index in [4.69, 9.17) is 9.47 Å². The van der Waals surface area contributed by atoms with Gasteiger partial charge in [0.1, 0.15) is 5.82 Å². The molecule has 4 rings (SSSR count). The van der Waals surface area contributed by atoms with Crippen LogP contribution in [0.1, 0.15) is 18.2 Å². The second-order valence-corrected chi connectivity index (χ2v) is 6.05. The Balaban J connectivity index is 1.58. The first-order valence-electron chi connectivity index (χ1n) is 8.58. The molecule has 3 aromatic rings. The topological polar surface area (TPSA) is 68.3 Å². The van der Waals surface area contributed by atoms with Gasteiger partial charge in [-0.2, -0.15) is 4.98 Å². The number of aromatic nitrogens is 2. The van der Waals surface area contributed by atoms with E-state index in [-0.39, 0.29) is 6.79 Å². The highest BCUT2D eigenvalue weighted by Gasteiger charge is 2.14. The zero-order chi connectivity index (χ0) is 17.9. The van der Waals surface area contributed by atoms with Crippen LogP contribution in [-0.4, -0.2) is 16.8 Å². The van der Waals surface area contributed by atoms with Crippen molar-refractivity contribution in [3.63, 3.8) is 0 Å². The van der Waals surface area contributed by atoms with E-state index < -0.39 is 0 Å². The predicted molar refractivity (Wildman–Crippen MR) is 102 cm³/mol. The average Bonchev–Trinajstić information content (AvgIpc) is 3.09. The summed E-state index contributed by atoms with van der Waals surface area (Å²) in [6.45, 7) is 4.34. The van der Waals surface area contributed by atoms with Crippen LogP contribution < -0.4 is 20.1 Å². The molecule has 0 atom stereocenters. The summed E-state index contributed by atoms with van der Waals surface area (Å²) in [5.41, 5.74) is 4.02. The standard InChI is InChI=1S/C20H20N4O2/c1-3-14-6-4-5-7-16(14)23-19-10-13(2)21-20(24-19)22-15-8-9-17-18(11-15)26-12-25-17/h4-11H,3,12H2,1-2H3,(H2,21,22,23,24). The molecule has 0 saturated heterocycles. The van der Waals surface area contributed by atoms with Crippen LogP contribution in [0.15, 0.2) is 48.5 Å². The monoisotopic (exact) mass is 348 g/mol. The second-order valence-electron chi connectivity index (χ2n) is 6.05. The molecule has 0 saturated carbocycles. The fourth-order valence-corrected chi connectivity index (χ4v) is 2.88. The van der Waals surface area contributed by atoms with Crippen LogP contribution in [0.25, 0.3) is 0 Å². The minimum atomic E-state index is 0.255. The van der Waals surface area contributed by atoms with Gasteiger partial charge >= 0.3 is 0 Å². The van der Waals surface area contributed by atoms with Gasteiger partial charge in [0.15, 0.2) is 11.5 Å². The fraction of sp³-hybridized carbons (Fsp3) is 0.200. The van der Waals surface area contributed by atoms with Crippen molar-refractivity contribution in [2.45, 2.75) is 20.3 Å². The maximum atomic E-state index is 5.41. The molecule has 0 spiro atoms. The van der Waals surface area contributed by atoms with Gasteiger partial charge in [-0.25, -0.2) is 4.98 Å². The molecule has 1 aromatic heterocycles. The Labute approximate surface area is 152 Å². The van der Waals surface area contributed by atoms with Crippen molar-refractivity contribution < 1.29 is 9.47 Å². The average molecular weight is 348 g/mol. The van der Waals surface area contributed by atoms with Crippen molar-refractivity contribution in [2.24, 2.45) is 0 Å². The van der Waals surface area contributed by atoms with Crippen LogP contribution in [0.4, 0.5) is 23.1 Å². The van der Waals surface area contributed by atoms with Crippen molar-refractivity contribution in [3.8, 4) is 11.5 Å². The number of rotatable bonds is 5. The van der Waals surface area contributed by atoms with Gasteiger partial charge in [0.2, 0.25) is 12.7 Å². The third kappa shape index (κ3) is 3.39. The molecule has 2 heterocycles. The Morgan fingerprint density at radius 2 is 1.81 bits per heavy atom. The summed E-state index contributed by atoms with van der Waals surface area (Å²) in [6, 6.07) is 15.8. The third-order valence-corrected chi connectivity index (χ3v) is 4.14. The molecule has 6 nitrogen and oxygen atoms in total. The third-order valence-electron chi connectivity index (χ3n) is 4.14. The Hall–Kier alpha value is -3.28. The largest absolute Gasteiger partial charge is 0.454 e. The first kappa shape index (κ1) is 16.2. The Kier molecular flexibility index (Phi) is 4.31. The molecular formula is C20H20N4O2.